The summed E-state index contributed by atoms with van der Waals surface area (Å²) in [6.45, 7) is 0. The van der Waals surface area contributed by atoms with E-state index in [-0.39, 0.29) is 6.04 Å². The Morgan fingerprint density at radius 3 is 2.62 bits per heavy atom. The molecule has 0 bridgehead atoms. The highest BCUT2D eigenvalue weighted by molar-refractivity contribution is 6.30. The van der Waals surface area contributed by atoms with Crippen molar-refractivity contribution in [2.75, 3.05) is 7.11 Å². The molecule has 1 atom stereocenters. The maximum Gasteiger partial charge on any atom is 0.126 e. The minimum atomic E-state index is -0.184. The number of aromatic nitrogens is 2. The number of nitrogens with zero attached hydrogens (tertiary/aromatic N) is 2. The second-order valence-electron chi connectivity index (χ2n) is 5.73. The van der Waals surface area contributed by atoms with Gasteiger partial charge in [0.05, 0.1) is 25.0 Å². The first-order chi connectivity index (χ1) is 11.6. The van der Waals surface area contributed by atoms with Crippen LogP contribution in [0, 0.1) is 0 Å². The summed E-state index contributed by atoms with van der Waals surface area (Å²) in [6, 6.07) is 15.5. The SMILES string of the molecule is COc1ccc(C[C@H](N)c2ncc(-c3cccc(Cl)c3)n2C)cc1. The molecule has 0 fully saturated rings. The maximum absolute atomic E-state index is 6.38. The van der Waals surface area contributed by atoms with Crippen LogP contribution in [0.15, 0.2) is 54.7 Å². The standard InChI is InChI=1S/C19H20ClN3O/c1-23-18(14-4-3-5-15(20)11-14)12-22-19(23)17(21)10-13-6-8-16(24-2)9-7-13/h3-9,11-12,17H,10,21H2,1-2H3/t17-/m0/s1. The second-order valence-corrected chi connectivity index (χ2v) is 6.17. The minimum absolute atomic E-state index is 0.184. The van der Waals surface area contributed by atoms with Gasteiger partial charge in [0, 0.05) is 17.6 Å². The highest BCUT2D eigenvalue weighted by atomic mass is 35.5. The zero-order chi connectivity index (χ0) is 17.1. The number of imidazole rings is 1. The number of nitrogens with two attached hydrogens (primary N) is 1. The van der Waals surface area contributed by atoms with Crippen molar-refractivity contribution in [1.82, 2.24) is 9.55 Å². The van der Waals surface area contributed by atoms with E-state index in [1.54, 1.807) is 7.11 Å². The normalized spacial score (nSPS) is 12.2. The molecule has 124 valence electrons. The predicted molar refractivity (Wildman–Crippen MR) is 97.3 cm³/mol. The van der Waals surface area contributed by atoms with Gasteiger partial charge in [-0.25, -0.2) is 4.98 Å². The number of hydrogen-bond donors (Lipinski definition) is 1. The van der Waals surface area contributed by atoms with Crippen LogP contribution in [0.4, 0.5) is 0 Å². The van der Waals surface area contributed by atoms with Crippen molar-refractivity contribution in [1.29, 1.82) is 0 Å². The van der Waals surface area contributed by atoms with E-state index >= 15 is 0 Å². The molecule has 0 spiro atoms. The summed E-state index contributed by atoms with van der Waals surface area (Å²) in [5, 5.41) is 0.706. The first kappa shape index (κ1) is 16.6. The first-order valence-electron chi connectivity index (χ1n) is 7.74. The lowest BCUT2D eigenvalue weighted by molar-refractivity contribution is 0.414. The van der Waals surface area contributed by atoms with Crippen molar-refractivity contribution >= 4 is 11.6 Å². The van der Waals surface area contributed by atoms with Gasteiger partial charge in [0.25, 0.3) is 0 Å². The van der Waals surface area contributed by atoms with Gasteiger partial charge < -0.3 is 15.0 Å². The van der Waals surface area contributed by atoms with E-state index < -0.39 is 0 Å². The Morgan fingerprint density at radius 2 is 1.96 bits per heavy atom. The summed E-state index contributed by atoms with van der Waals surface area (Å²) in [5.41, 5.74) is 9.55. The van der Waals surface area contributed by atoms with E-state index in [1.165, 1.54) is 0 Å². The van der Waals surface area contributed by atoms with Crippen molar-refractivity contribution in [2.24, 2.45) is 12.8 Å². The maximum atomic E-state index is 6.38. The fourth-order valence-electron chi connectivity index (χ4n) is 2.79. The zero-order valence-electron chi connectivity index (χ0n) is 13.7. The van der Waals surface area contributed by atoms with Crippen LogP contribution in [0.25, 0.3) is 11.3 Å². The van der Waals surface area contributed by atoms with Crippen LogP contribution in [0.1, 0.15) is 17.4 Å². The van der Waals surface area contributed by atoms with Crippen molar-refractivity contribution < 1.29 is 4.74 Å². The zero-order valence-corrected chi connectivity index (χ0v) is 14.5. The number of halogens is 1. The molecule has 2 aromatic carbocycles. The van der Waals surface area contributed by atoms with Crippen molar-refractivity contribution in [2.45, 2.75) is 12.5 Å². The molecular formula is C19H20ClN3O. The molecule has 0 saturated carbocycles. The van der Waals surface area contributed by atoms with Crippen LogP contribution in [0.3, 0.4) is 0 Å². The molecule has 24 heavy (non-hydrogen) atoms. The van der Waals surface area contributed by atoms with Gasteiger partial charge in [-0.05, 0) is 36.2 Å². The van der Waals surface area contributed by atoms with E-state index in [9.17, 15) is 0 Å². The Morgan fingerprint density at radius 1 is 1.21 bits per heavy atom. The third-order valence-corrected chi connectivity index (χ3v) is 4.33. The Hall–Kier alpha value is -2.30. The molecule has 0 amide bonds. The van der Waals surface area contributed by atoms with Crippen LogP contribution in [-0.2, 0) is 13.5 Å². The molecule has 4 nitrogen and oxygen atoms in total. The molecule has 0 saturated heterocycles. The number of rotatable bonds is 5. The Kier molecular flexibility index (Phi) is 4.88. The fraction of sp³-hybridized carbons (Fsp3) is 0.211. The molecule has 0 aliphatic carbocycles. The summed E-state index contributed by atoms with van der Waals surface area (Å²) in [6.07, 6.45) is 2.55. The molecule has 5 heteroatoms. The van der Waals surface area contributed by atoms with Gasteiger partial charge in [0.1, 0.15) is 11.6 Å². The smallest absolute Gasteiger partial charge is 0.126 e. The van der Waals surface area contributed by atoms with Crippen LogP contribution in [-0.4, -0.2) is 16.7 Å². The molecular weight excluding hydrogens is 322 g/mol. The lowest BCUT2D eigenvalue weighted by atomic mass is 10.1. The lowest BCUT2D eigenvalue weighted by Crippen LogP contribution is -2.18. The predicted octanol–water partition coefficient (Wildman–Crippen LogP) is 3.99. The molecule has 0 aliphatic rings. The summed E-state index contributed by atoms with van der Waals surface area (Å²) >= 11 is 6.08. The van der Waals surface area contributed by atoms with Crippen LogP contribution < -0.4 is 10.5 Å². The van der Waals surface area contributed by atoms with E-state index in [0.717, 1.165) is 28.4 Å². The van der Waals surface area contributed by atoms with Gasteiger partial charge in [-0.2, -0.15) is 0 Å². The van der Waals surface area contributed by atoms with E-state index in [0.29, 0.717) is 11.4 Å². The second kappa shape index (κ2) is 7.07. The molecule has 3 rings (SSSR count). The largest absolute Gasteiger partial charge is 0.497 e. The molecule has 1 aromatic heterocycles. The van der Waals surface area contributed by atoms with Crippen molar-refractivity contribution in [3.8, 4) is 17.0 Å². The Bertz CT molecular complexity index is 827. The number of methoxy groups -OCH3 is 1. The third kappa shape index (κ3) is 3.45. The van der Waals surface area contributed by atoms with Crippen LogP contribution >= 0.6 is 11.6 Å². The summed E-state index contributed by atoms with van der Waals surface area (Å²) in [7, 11) is 3.64. The third-order valence-electron chi connectivity index (χ3n) is 4.09. The fourth-order valence-corrected chi connectivity index (χ4v) is 2.98. The van der Waals surface area contributed by atoms with Gasteiger partial charge in [-0.3, -0.25) is 0 Å². The molecule has 0 aliphatic heterocycles. The topological polar surface area (TPSA) is 53.1 Å². The Labute approximate surface area is 146 Å². The Balaban J connectivity index is 1.81. The van der Waals surface area contributed by atoms with Crippen LogP contribution in [0.2, 0.25) is 5.02 Å². The van der Waals surface area contributed by atoms with Gasteiger partial charge in [0.15, 0.2) is 0 Å². The summed E-state index contributed by atoms with van der Waals surface area (Å²) in [4.78, 5) is 4.52. The van der Waals surface area contributed by atoms with Gasteiger partial charge in [0.2, 0.25) is 0 Å². The van der Waals surface area contributed by atoms with Crippen LogP contribution in [0.5, 0.6) is 5.75 Å². The van der Waals surface area contributed by atoms with E-state index in [2.05, 4.69) is 4.98 Å². The molecule has 3 aromatic rings. The number of ether oxygens (including phenoxy) is 1. The lowest BCUT2D eigenvalue weighted by Gasteiger charge is -2.13. The molecule has 2 N–H and O–H groups in total. The van der Waals surface area contributed by atoms with Gasteiger partial charge in [-0.15, -0.1) is 0 Å². The molecule has 0 radical (unpaired) electrons. The quantitative estimate of drug-likeness (QED) is 0.763. The molecule has 0 unspecified atom stereocenters. The van der Waals surface area contributed by atoms with E-state index in [4.69, 9.17) is 22.1 Å². The minimum Gasteiger partial charge on any atom is -0.497 e. The monoisotopic (exact) mass is 341 g/mol. The average molecular weight is 342 g/mol. The molecule has 1 heterocycles. The van der Waals surface area contributed by atoms with Gasteiger partial charge in [-0.1, -0.05) is 35.9 Å². The summed E-state index contributed by atoms with van der Waals surface area (Å²) < 4.78 is 7.21. The van der Waals surface area contributed by atoms with Gasteiger partial charge >= 0.3 is 0 Å². The highest BCUT2D eigenvalue weighted by Crippen LogP contribution is 2.25. The van der Waals surface area contributed by atoms with E-state index in [1.807, 2.05) is 66.3 Å². The highest BCUT2D eigenvalue weighted by Gasteiger charge is 2.16. The van der Waals surface area contributed by atoms with Crippen molar-refractivity contribution in [3.63, 3.8) is 0 Å². The number of benzene rings is 2. The first-order valence-corrected chi connectivity index (χ1v) is 8.12. The summed E-state index contributed by atoms with van der Waals surface area (Å²) in [5.74, 6) is 1.69. The average Bonchev–Trinajstić information content (AvgIpc) is 2.97. The van der Waals surface area contributed by atoms with Crippen molar-refractivity contribution in [3.05, 3.63) is 71.1 Å². The number of hydrogen-bond acceptors (Lipinski definition) is 3.